The van der Waals surface area contributed by atoms with Gasteiger partial charge in [-0.05, 0) is 32.7 Å². The summed E-state index contributed by atoms with van der Waals surface area (Å²) in [6.45, 7) is 15.4. The lowest BCUT2D eigenvalue weighted by atomic mass is 10.0. The van der Waals surface area contributed by atoms with Crippen LogP contribution >= 0.6 is 11.3 Å². The molecular weight excluding hydrogens is 266 g/mol. The molecular formula is C16H31N3S. The summed E-state index contributed by atoms with van der Waals surface area (Å²) in [7, 11) is 0. The van der Waals surface area contributed by atoms with Gasteiger partial charge in [0, 0.05) is 24.5 Å². The lowest BCUT2D eigenvalue weighted by Gasteiger charge is -2.24. The first-order valence-electron chi connectivity index (χ1n) is 8.08. The maximum absolute atomic E-state index is 4.79. The maximum Gasteiger partial charge on any atom is 0.185 e. The van der Waals surface area contributed by atoms with Gasteiger partial charge in [-0.3, -0.25) is 0 Å². The van der Waals surface area contributed by atoms with E-state index in [1.54, 1.807) is 0 Å². The van der Waals surface area contributed by atoms with Crippen molar-refractivity contribution < 1.29 is 0 Å². The molecule has 0 unspecified atom stereocenters. The normalized spacial score (nSPS) is 11.3. The SMILES string of the molecule is CCCNCc1sc(N(CC)CC(CC)CC)nc1C. The fraction of sp³-hybridized carbons (Fsp3) is 0.812. The van der Waals surface area contributed by atoms with Crippen LogP contribution in [-0.4, -0.2) is 24.6 Å². The van der Waals surface area contributed by atoms with E-state index in [-0.39, 0.29) is 0 Å². The van der Waals surface area contributed by atoms with Crippen LogP contribution in [0.2, 0.25) is 0 Å². The van der Waals surface area contributed by atoms with Crippen LogP contribution in [0.3, 0.4) is 0 Å². The monoisotopic (exact) mass is 297 g/mol. The number of hydrogen-bond acceptors (Lipinski definition) is 4. The largest absolute Gasteiger partial charge is 0.348 e. The standard InChI is InChI=1S/C16H31N3S/c1-6-10-17-11-15-13(5)18-16(20-15)19(9-4)12-14(7-2)8-3/h14,17H,6-12H2,1-5H3. The van der Waals surface area contributed by atoms with Gasteiger partial charge in [0.15, 0.2) is 5.13 Å². The molecule has 0 spiro atoms. The van der Waals surface area contributed by atoms with Gasteiger partial charge in [0.25, 0.3) is 0 Å². The minimum Gasteiger partial charge on any atom is -0.348 e. The molecule has 0 atom stereocenters. The second kappa shape index (κ2) is 9.35. The smallest absolute Gasteiger partial charge is 0.185 e. The molecule has 1 aromatic heterocycles. The minimum atomic E-state index is 0.779. The zero-order valence-corrected chi connectivity index (χ0v) is 14.6. The topological polar surface area (TPSA) is 28.2 Å². The average molecular weight is 298 g/mol. The van der Waals surface area contributed by atoms with Crippen molar-refractivity contribution in [2.24, 2.45) is 5.92 Å². The van der Waals surface area contributed by atoms with E-state index in [2.05, 4.69) is 44.8 Å². The molecule has 0 radical (unpaired) electrons. The second-order valence-corrected chi connectivity index (χ2v) is 6.47. The van der Waals surface area contributed by atoms with Crippen LogP contribution in [-0.2, 0) is 6.54 Å². The number of thiazole rings is 1. The van der Waals surface area contributed by atoms with E-state index < -0.39 is 0 Å². The van der Waals surface area contributed by atoms with Gasteiger partial charge in [0.05, 0.1) is 5.69 Å². The molecule has 0 saturated heterocycles. The van der Waals surface area contributed by atoms with Crippen LogP contribution in [0.1, 0.15) is 57.5 Å². The summed E-state index contributed by atoms with van der Waals surface area (Å²) < 4.78 is 0. The van der Waals surface area contributed by atoms with Crippen molar-refractivity contribution in [3.05, 3.63) is 10.6 Å². The molecule has 20 heavy (non-hydrogen) atoms. The third-order valence-electron chi connectivity index (χ3n) is 3.88. The molecule has 0 aliphatic carbocycles. The average Bonchev–Trinajstić information content (AvgIpc) is 2.82. The summed E-state index contributed by atoms with van der Waals surface area (Å²) in [5.74, 6) is 0.779. The summed E-state index contributed by atoms with van der Waals surface area (Å²) in [4.78, 5) is 8.62. The number of anilines is 1. The molecule has 1 heterocycles. The van der Waals surface area contributed by atoms with Crippen molar-refractivity contribution in [2.75, 3.05) is 24.5 Å². The Kier molecular flexibility index (Phi) is 8.15. The summed E-state index contributed by atoms with van der Waals surface area (Å²) >= 11 is 1.86. The summed E-state index contributed by atoms with van der Waals surface area (Å²) in [6.07, 6.45) is 3.69. The first-order valence-corrected chi connectivity index (χ1v) is 8.89. The van der Waals surface area contributed by atoms with E-state index in [4.69, 9.17) is 4.98 Å². The molecule has 0 aliphatic heterocycles. The molecule has 1 aromatic rings. The molecule has 0 saturated carbocycles. The first kappa shape index (κ1) is 17.4. The lowest BCUT2D eigenvalue weighted by molar-refractivity contribution is 0.486. The molecule has 1 N–H and O–H groups in total. The molecule has 1 rings (SSSR count). The zero-order chi connectivity index (χ0) is 15.0. The summed E-state index contributed by atoms with van der Waals surface area (Å²) in [5.41, 5.74) is 1.19. The highest BCUT2D eigenvalue weighted by molar-refractivity contribution is 7.15. The van der Waals surface area contributed by atoms with Gasteiger partial charge in [-0.25, -0.2) is 4.98 Å². The Balaban J connectivity index is 2.70. The molecule has 0 aliphatic rings. The fourth-order valence-corrected chi connectivity index (χ4v) is 3.39. The van der Waals surface area contributed by atoms with Crippen LogP contribution in [0.25, 0.3) is 0 Å². The van der Waals surface area contributed by atoms with E-state index in [0.29, 0.717) is 0 Å². The van der Waals surface area contributed by atoms with E-state index in [1.807, 2.05) is 11.3 Å². The van der Waals surface area contributed by atoms with Crippen LogP contribution < -0.4 is 10.2 Å². The van der Waals surface area contributed by atoms with Crippen molar-refractivity contribution in [3.63, 3.8) is 0 Å². The predicted molar refractivity (Wildman–Crippen MR) is 90.8 cm³/mol. The fourth-order valence-electron chi connectivity index (χ4n) is 2.29. The van der Waals surface area contributed by atoms with Gasteiger partial charge in [0.2, 0.25) is 0 Å². The molecule has 0 fully saturated rings. The third-order valence-corrected chi connectivity index (χ3v) is 5.10. The maximum atomic E-state index is 4.79. The molecule has 0 aromatic carbocycles. The Morgan fingerprint density at radius 1 is 1.20 bits per heavy atom. The van der Waals surface area contributed by atoms with Crippen LogP contribution in [0.15, 0.2) is 0 Å². The Labute approximate surface area is 128 Å². The molecule has 0 amide bonds. The zero-order valence-electron chi connectivity index (χ0n) is 13.8. The van der Waals surface area contributed by atoms with Gasteiger partial charge >= 0.3 is 0 Å². The number of aromatic nitrogens is 1. The van der Waals surface area contributed by atoms with Crippen molar-refractivity contribution in [3.8, 4) is 0 Å². The highest BCUT2D eigenvalue weighted by Gasteiger charge is 2.15. The minimum absolute atomic E-state index is 0.779. The highest BCUT2D eigenvalue weighted by Crippen LogP contribution is 2.27. The highest BCUT2D eigenvalue weighted by atomic mass is 32.1. The lowest BCUT2D eigenvalue weighted by Crippen LogP contribution is -2.28. The van der Waals surface area contributed by atoms with Gasteiger partial charge in [0.1, 0.15) is 0 Å². The van der Waals surface area contributed by atoms with Gasteiger partial charge in [-0.1, -0.05) is 33.6 Å². The third kappa shape index (κ3) is 5.06. The second-order valence-electron chi connectivity index (χ2n) is 5.40. The van der Waals surface area contributed by atoms with E-state index >= 15 is 0 Å². The number of nitrogens with zero attached hydrogens (tertiary/aromatic N) is 2. The van der Waals surface area contributed by atoms with Crippen molar-refractivity contribution in [2.45, 2.75) is 60.4 Å². The van der Waals surface area contributed by atoms with Crippen LogP contribution in [0, 0.1) is 12.8 Å². The Hall–Kier alpha value is -0.610. The first-order chi connectivity index (χ1) is 9.65. The Morgan fingerprint density at radius 2 is 1.90 bits per heavy atom. The number of nitrogens with one attached hydrogen (secondary N) is 1. The number of rotatable bonds is 10. The Bertz CT molecular complexity index is 372. The molecule has 116 valence electrons. The number of hydrogen-bond donors (Lipinski definition) is 1. The van der Waals surface area contributed by atoms with Gasteiger partial charge in [-0.15, -0.1) is 11.3 Å². The molecule has 0 bridgehead atoms. The van der Waals surface area contributed by atoms with Gasteiger partial charge < -0.3 is 10.2 Å². The van der Waals surface area contributed by atoms with Gasteiger partial charge in [-0.2, -0.15) is 0 Å². The van der Waals surface area contributed by atoms with E-state index in [1.165, 1.54) is 35.0 Å². The Morgan fingerprint density at radius 3 is 2.45 bits per heavy atom. The quantitative estimate of drug-likeness (QED) is 0.656. The predicted octanol–water partition coefficient (Wildman–Crippen LogP) is 4.21. The molecule has 3 nitrogen and oxygen atoms in total. The van der Waals surface area contributed by atoms with E-state index in [9.17, 15) is 0 Å². The van der Waals surface area contributed by atoms with Crippen molar-refractivity contribution in [1.29, 1.82) is 0 Å². The van der Waals surface area contributed by atoms with Crippen molar-refractivity contribution in [1.82, 2.24) is 10.3 Å². The summed E-state index contributed by atoms with van der Waals surface area (Å²) in [6, 6.07) is 0. The molecule has 4 heteroatoms. The van der Waals surface area contributed by atoms with Crippen molar-refractivity contribution >= 4 is 16.5 Å². The number of aryl methyl sites for hydroxylation is 1. The summed E-state index contributed by atoms with van der Waals surface area (Å²) in [5, 5.41) is 4.68. The van der Waals surface area contributed by atoms with E-state index in [0.717, 1.165) is 32.1 Å². The van der Waals surface area contributed by atoms with Crippen LogP contribution in [0.4, 0.5) is 5.13 Å². The van der Waals surface area contributed by atoms with Crippen LogP contribution in [0.5, 0.6) is 0 Å².